The Morgan fingerprint density at radius 2 is 1.93 bits per heavy atom. The molecule has 1 heterocycles. The summed E-state index contributed by atoms with van der Waals surface area (Å²) in [7, 11) is 0. The van der Waals surface area contributed by atoms with Crippen molar-refractivity contribution in [2.24, 2.45) is 0 Å². The molecule has 1 aromatic heterocycles. The van der Waals surface area contributed by atoms with Crippen LogP contribution in [0.5, 0.6) is 0 Å². The number of nitrogens with zero attached hydrogens (tertiary/aromatic N) is 2. The van der Waals surface area contributed by atoms with Crippen LogP contribution in [-0.4, -0.2) is 10.2 Å². The highest BCUT2D eigenvalue weighted by Gasteiger charge is 2.01. The summed E-state index contributed by atoms with van der Waals surface area (Å²) in [5.74, 6) is 0. The minimum Gasteiger partial charge on any atom is -0.159 e. The number of benzene rings is 1. The van der Waals surface area contributed by atoms with E-state index in [0.29, 0.717) is 0 Å². The summed E-state index contributed by atoms with van der Waals surface area (Å²) in [6, 6.07) is 10.4. The average molecular weight is 184 g/mol. The zero-order chi connectivity index (χ0) is 9.80. The summed E-state index contributed by atoms with van der Waals surface area (Å²) in [6.07, 6.45) is 4.56. The predicted octanol–water partition coefficient (Wildman–Crippen LogP) is 2.71. The summed E-state index contributed by atoms with van der Waals surface area (Å²) < 4.78 is 0. The van der Waals surface area contributed by atoms with Gasteiger partial charge in [0.25, 0.3) is 0 Å². The van der Waals surface area contributed by atoms with E-state index in [0.717, 1.165) is 12.0 Å². The quantitative estimate of drug-likeness (QED) is 0.717. The lowest BCUT2D eigenvalue weighted by molar-refractivity contribution is 1.03. The van der Waals surface area contributed by atoms with Gasteiger partial charge in [0.1, 0.15) is 0 Å². The molecule has 0 aliphatic rings. The summed E-state index contributed by atoms with van der Waals surface area (Å²) in [5.41, 5.74) is 3.74. The van der Waals surface area contributed by atoms with Gasteiger partial charge in [-0.3, -0.25) is 0 Å². The van der Waals surface area contributed by atoms with E-state index < -0.39 is 0 Å². The summed E-state index contributed by atoms with van der Waals surface area (Å²) in [5, 5.41) is 7.66. The van der Waals surface area contributed by atoms with E-state index in [-0.39, 0.29) is 0 Å². The van der Waals surface area contributed by atoms with Crippen LogP contribution >= 0.6 is 0 Å². The third-order valence-corrected chi connectivity index (χ3v) is 2.29. The van der Waals surface area contributed by atoms with E-state index >= 15 is 0 Å². The summed E-state index contributed by atoms with van der Waals surface area (Å²) >= 11 is 0. The van der Waals surface area contributed by atoms with Crippen LogP contribution in [-0.2, 0) is 6.42 Å². The summed E-state index contributed by atoms with van der Waals surface area (Å²) in [6.45, 7) is 2.16. The molecule has 0 N–H and O–H groups in total. The largest absolute Gasteiger partial charge is 0.159 e. The Kier molecular flexibility index (Phi) is 2.54. The monoisotopic (exact) mass is 184 g/mol. The lowest BCUT2D eigenvalue weighted by Gasteiger charge is -2.05. The second kappa shape index (κ2) is 4.01. The zero-order valence-corrected chi connectivity index (χ0v) is 8.14. The Labute approximate surface area is 83.6 Å². The molecule has 2 rings (SSSR count). The first-order valence-electron chi connectivity index (χ1n) is 4.77. The molecule has 2 heteroatoms. The molecule has 0 aliphatic heterocycles. The van der Waals surface area contributed by atoms with Crippen molar-refractivity contribution in [1.82, 2.24) is 10.2 Å². The SMILES string of the molecule is CCc1ccccc1-c1ccnnc1. The maximum atomic E-state index is 3.89. The minimum atomic E-state index is 1.04. The molecule has 70 valence electrons. The molecule has 0 bridgehead atoms. The fourth-order valence-corrected chi connectivity index (χ4v) is 1.56. The average Bonchev–Trinajstić information content (AvgIpc) is 2.30. The number of aryl methyl sites for hydroxylation is 1. The molecule has 2 nitrogen and oxygen atoms in total. The highest BCUT2D eigenvalue weighted by atomic mass is 15.1. The Bertz CT molecular complexity index is 410. The summed E-state index contributed by atoms with van der Waals surface area (Å²) in [4.78, 5) is 0. The zero-order valence-electron chi connectivity index (χ0n) is 8.14. The second-order valence-electron chi connectivity index (χ2n) is 3.14. The first-order valence-corrected chi connectivity index (χ1v) is 4.77. The molecule has 0 radical (unpaired) electrons. The van der Waals surface area contributed by atoms with E-state index in [1.807, 2.05) is 6.07 Å². The van der Waals surface area contributed by atoms with Crippen LogP contribution in [0.4, 0.5) is 0 Å². The van der Waals surface area contributed by atoms with Crippen molar-refractivity contribution in [2.75, 3.05) is 0 Å². The van der Waals surface area contributed by atoms with Gasteiger partial charge in [-0.25, -0.2) is 0 Å². The molecule has 0 aliphatic carbocycles. The van der Waals surface area contributed by atoms with Gasteiger partial charge in [-0.2, -0.15) is 10.2 Å². The van der Waals surface area contributed by atoms with Crippen molar-refractivity contribution in [2.45, 2.75) is 13.3 Å². The van der Waals surface area contributed by atoms with Crippen molar-refractivity contribution in [1.29, 1.82) is 0 Å². The fraction of sp³-hybridized carbons (Fsp3) is 0.167. The van der Waals surface area contributed by atoms with Crippen LogP contribution in [0.1, 0.15) is 12.5 Å². The van der Waals surface area contributed by atoms with Crippen LogP contribution in [0.3, 0.4) is 0 Å². The Hall–Kier alpha value is -1.70. The van der Waals surface area contributed by atoms with Gasteiger partial charge in [-0.15, -0.1) is 0 Å². The lowest BCUT2D eigenvalue weighted by atomic mass is 10.0. The van der Waals surface area contributed by atoms with E-state index in [1.54, 1.807) is 12.4 Å². The van der Waals surface area contributed by atoms with E-state index in [2.05, 4.69) is 41.4 Å². The third kappa shape index (κ3) is 1.64. The molecule has 0 unspecified atom stereocenters. The maximum Gasteiger partial charge on any atom is 0.0574 e. The molecule has 2 aromatic rings. The normalized spacial score (nSPS) is 10.1. The van der Waals surface area contributed by atoms with Gasteiger partial charge in [0.15, 0.2) is 0 Å². The van der Waals surface area contributed by atoms with Crippen LogP contribution in [0.25, 0.3) is 11.1 Å². The molecular formula is C12H12N2. The van der Waals surface area contributed by atoms with E-state index in [9.17, 15) is 0 Å². The van der Waals surface area contributed by atoms with Crippen molar-refractivity contribution in [3.63, 3.8) is 0 Å². The molecule has 14 heavy (non-hydrogen) atoms. The van der Waals surface area contributed by atoms with Gasteiger partial charge in [-0.1, -0.05) is 31.2 Å². The van der Waals surface area contributed by atoms with Gasteiger partial charge in [0, 0.05) is 5.56 Å². The molecule has 0 saturated heterocycles. The minimum absolute atomic E-state index is 1.04. The standard InChI is InChI=1S/C12H12N2/c1-2-10-5-3-4-6-12(10)11-7-8-13-14-9-11/h3-9H,2H2,1H3. The molecular weight excluding hydrogens is 172 g/mol. The van der Waals surface area contributed by atoms with E-state index in [4.69, 9.17) is 0 Å². The van der Waals surface area contributed by atoms with Gasteiger partial charge in [0.2, 0.25) is 0 Å². The highest BCUT2D eigenvalue weighted by molar-refractivity contribution is 5.65. The fourth-order valence-electron chi connectivity index (χ4n) is 1.56. The van der Waals surface area contributed by atoms with Gasteiger partial charge >= 0.3 is 0 Å². The van der Waals surface area contributed by atoms with Gasteiger partial charge < -0.3 is 0 Å². The molecule has 0 spiro atoms. The first kappa shape index (κ1) is 8.88. The Balaban J connectivity index is 2.51. The van der Waals surface area contributed by atoms with E-state index in [1.165, 1.54) is 11.1 Å². The van der Waals surface area contributed by atoms with Gasteiger partial charge in [0.05, 0.1) is 12.4 Å². The van der Waals surface area contributed by atoms with Crippen molar-refractivity contribution < 1.29 is 0 Å². The molecule has 1 aromatic carbocycles. The topological polar surface area (TPSA) is 25.8 Å². The number of hydrogen-bond acceptors (Lipinski definition) is 2. The van der Waals surface area contributed by atoms with Crippen LogP contribution < -0.4 is 0 Å². The van der Waals surface area contributed by atoms with Crippen molar-refractivity contribution in [3.05, 3.63) is 48.3 Å². The van der Waals surface area contributed by atoms with Gasteiger partial charge in [-0.05, 0) is 23.6 Å². The molecule has 0 saturated carbocycles. The second-order valence-corrected chi connectivity index (χ2v) is 3.14. The molecule has 0 fully saturated rings. The Morgan fingerprint density at radius 1 is 1.07 bits per heavy atom. The lowest BCUT2D eigenvalue weighted by Crippen LogP contribution is -1.88. The van der Waals surface area contributed by atoms with Crippen molar-refractivity contribution in [3.8, 4) is 11.1 Å². The maximum absolute atomic E-state index is 3.89. The predicted molar refractivity (Wildman–Crippen MR) is 56.8 cm³/mol. The van der Waals surface area contributed by atoms with Crippen molar-refractivity contribution >= 4 is 0 Å². The Morgan fingerprint density at radius 3 is 2.64 bits per heavy atom. The number of rotatable bonds is 2. The van der Waals surface area contributed by atoms with Crippen LogP contribution in [0.2, 0.25) is 0 Å². The molecule has 0 atom stereocenters. The smallest absolute Gasteiger partial charge is 0.0574 e. The number of hydrogen-bond donors (Lipinski definition) is 0. The first-order chi connectivity index (χ1) is 6.92. The third-order valence-electron chi connectivity index (χ3n) is 2.29. The molecule has 0 amide bonds. The number of aromatic nitrogens is 2. The van der Waals surface area contributed by atoms with Crippen LogP contribution in [0, 0.1) is 0 Å². The van der Waals surface area contributed by atoms with Crippen LogP contribution in [0.15, 0.2) is 42.7 Å². The highest BCUT2D eigenvalue weighted by Crippen LogP contribution is 2.22.